The number of nitrogens with zero attached hydrogens (tertiary/aromatic N) is 1. The minimum absolute atomic E-state index is 0.371. The Morgan fingerprint density at radius 2 is 1.71 bits per heavy atom. The molecule has 5 heteroatoms. The van der Waals surface area contributed by atoms with Crippen molar-refractivity contribution in [1.82, 2.24) is 4.57 Å². The first-order valence-electron chi connectivity index (χ1n) is 6.37. The summed E-state index contributed by atoms with van der Waals surface area (Å²) in [7, 11) is 1.81. The summed E-state index contributed by atoms with van der Waals surface area (Å²) >= 11 is 0. The lowest BCUT2D eigenvalue weighted by Gasteiger charge is -2.06. The van der Waals surface area contributed by atoms with Gasteiger partial charge in [-0.05, 0) is 18.2 Å². The number of fused-ring (bicyclic) bond motifs is 1. The number of benzene rings is 2. The smallest absolute Gasteiger partial charge is 0.257 e. The largest absolute Gasteiger partial charge is 0.350 e. The van der Waals surface area contributed by atoms with E-state index in [9.17, 15) is 13.6 Å². The molecule has 0 bridgehead atoms. The molecule has 0 aliphatic heterocycles. The Hall–Kier alpha value is -2.69. The SMILES string of the molecule is Cn1cc(C(=O)Nc2c(F)cccc2F)c2ccccc21. The standard InChI is InChI=1S/C16H12F2N2O/c1-20-9-11(10-5-2-3-8-14(10)20)16(21)19-15-12(17)6-4-7-13(15)18/h2-9H,1H3,(H,19,21). The van der Waals surface area contributed by atoms with Crippen LogP contribution in [-0.2, 0) is 7.05 Å². The number of halogens is 2. The maximum atomic E-state index is 13.6. The molecule has 0 aliphatic carbocycles. The van der Waals surface area contributed by atoms with Crippen molar-refractivity contribution in [2.24, 2.45) is 7.05 Å². The fourth-order valence-electron chi connectivity index (χ4n) is 2.32. The summed E-state index contributed by atoms with van der Waals surface area (Å²) < 4.78 is 29.0. The summed E-state index contributed by atoms with van der Waals surface area (Å²) in [6.07, 6.45) is 1.64. The van der Waals surface area contributed by atoms with Gasteiger partial charge in [-0.2, -0.15) is 0 Å². The topological polar surface area (TPSA) is 34.0 Å². The van der Waals surface area contributed by atoms with Crippen LogP contribution in [0.5, 0.6) is 0 Å². The van der Waals surface area contributed by atoms with Crippen LogP contribution in [0.3, 0.4) is 0 Å². The van der Waals surface area contributed by atoms with Crippen LogP contribution in [0.15, 0.2) is 48.7 Å². The van der Waals surface area contributed by atoms with Crippen molar-refractivity contribution in [2.45, 2.75) is 0 Å². The fourth-order valence-corrected chi connectivity index (χ4v) is 2.32. The molecule has 21 heavy (non-hydrogen) atoms. The van der Waals surface area contributed by atoms with Gasteiger partial charge in [0.05, 0.1) is 5.56 Å². The van der Waals surface area contributed by atoms with E-state index in [1.54, 1.807) is 16.8 Å². The van der Waals surface area contributed by atoms with Gasteiger partial charge in [-0.3, -0.25) is 4.79 Å². The lowest BCUT2D eigenvalue weighted by atomic mass is 10.1. The van der Waals surface area contributed by atoms with Crippen molar-refractivity contribution >= 4 is 22.5 Å². The number of para-hydroxylation sites is 2. The van der Waals surface area contributed by atoms with Gasteiger partial charge < -0.3 is 9.88 Å². The van der Waals surface area contributed by atoms with E-state index in [0.717, 1.165) is 23.0 Å². The molecule has 0 radical (unpaired) electrons. The Morgan fingerprint density at radius 3 is 2.43 bits per heavy atom. The highest BCUT2D eigenvalue weighted by Gasteiger charge is 2.17. The highest BCUT2D eigenvalue weighted by Crippen LogP contribution is 2.23. The van der Waals surface area contributed by atoms with Crippen LogP contribution in [0.25, 0.3) is 10.9 Å². The maximum absolute atomic E-state index is 13.6. The summed E-state index contributed by atoms with van der Waals surface area (Å²) in [6.45, 7) is 0. The Bertz CT molecular complexity index is 819. The molecule has 3 nitrogen and oxygen atoms in total. The van der Waals surface area contributed by atoms with Crippen molar-refractivity contribution in [3.05, 3.63) is 65.9 Å². The van der Waals surface area contributed by atoms with Gasteiger partial charge in [-0.15, -0.1) is 0 Å². The van der Waals surface area contributed by atoms with Crippen LogP contribution in [0.4, 0.5) is 14.5 Å². The Balaban J connectivity index is 2.02. The van der Waals surface area contributed by atoms with Crippen LogP contribution in [0.2, 0.25) is 0 Å². The van der Waals surface area contributed by atoms with Crippen LogP contribution in [0.1, 0.15) is 10.4 Å². The maximum Gasteiger partial charge on any atom is 0.257 e. The second-order valence-electron chi connectivity index (χ2n) is 4.72. The Labute approximate surface area is 119 Å². The van der Waals surface area contributed by atoms with Crippen molar-refractivity contribution in [1.29, 1.82) is 0 Å². The first-order chi connectivity index (χ1) is 10.1. The number of hydrogen-bond acceptors (Lipinski definition) is 1. The number of rotatable bonds is 2. The van der Waals surface area contributed by atoms with Crippen molar-refractivity contribution in [2.75, 3.05) is 5.32 Å². The van der Waals surface area contributed by atoms with E-state index in [1.807, 2.05) is 25.2 Å². The lowest BCUT2D eigenvalue weighted by molar-refractivity contribution is 0.102. The third-order valence-corrected chi connectivity index (χ3v) is 3.34. The third-order valence-electron chi connectivity index (χ3n) is 3.34. The minimum atomic E-state index is -0.802. The first-order valence-corrected chi connectivity index (χ1v) is 6.37. The van der Waals surface area contributed by atoms with E-state index in [-0.39, 0.29) is 0 Å². The van der Waals surface area contributed by atoms with Gasteiger partial charge in [0.15, 0.2) is 0 Å². The second-order valence-corrected chi connectivity index (χ2v) is 4.72. The second kappa shape index (κ2) is 5.01. The van der Waals surface area contributed by atoms with Crippen LogP contribution in [0, 0.1) is 11.6 Å². The van der Waals surface area contributed by atoms with E-state index in [4.69, 9.17) is 0 Å². The van der Waals surface area contributed by atoms with E-state index in [1.165, 1.54) is 6.07 Å². The number of hydrogen-bond donors (Lipinski definition) is 1. The molecule has 3 aromatic rings. The van der Waals surface area contributed by atoms with Crippen LogP contribution < -0.4 is 5.32 Å². The molecule has 0 atom stereocenters. The molecule has 1 amide bonds. The molecule has 2 aromatic carbocycles. The van der Waals surface area contributed by atoms with Gasteiger partial charge >= 0.3 is 0 Å². The lowest BCUT2D eigenvalue weighted by Crippen LogP contribution is -2.14. The minimum Gasteiger partial charge on any atom is -0.350 e. The van der Waals surface area contributed by atoms with Gasteiger partial charge in [0, 0.05) is 24.1 Å². The molecule has 0 aliphatic rings. The Kier molecular flexibility index (Phi) is 3.17. The average molecular weight is 286 g/mol. The van der Waals surface area contributed by atoms with Crippen LogP contribution in [-0.4, -0.2) is 10.5 Å². The molecule has 1 N–H and O–H groups in total. The normalized spacial score (nSPS) is 10.8. The number of nitrogens with one attached hydrogen (secondary N) is 1. The number of amides is 1. The molecule has 1 heterocycles. The molecular formula is C16H12F2N2O. The molecule has 0 saturated carbocycles. The summed E-state index contributed by atoms with van der Waals surface area (Å²) in [5, 5.41) is 3.03. The van der Waals surface area contributed by atoms with E-state index in [2.05, 4.69) is 5.32 Å². The fraction of sp³-hybridized carbons (Fsp3) is 0.0625. The zero-order chi connectivity index (χ0) is 15.0. The highest BCUT2D eigenvalue weighted by atomic mass is 19.1. The zero-order valence-corrected chi connectivity index (χ0v) is 11.2. The Morgan fingerprint density at radius 1 is 1.05 bits per heavy atom. The quantitative estimate of drug-likeness (QED) is 0.765. The molecule has 0 saturated heterocycles. The number of carbonyl (C=O) groups excluding carboxylic acids is 1. The van der Waals surface area contributed by atoms with Crippen LogP contribution >= 0.6 is 0 Å². The first kappa shape index (κ1) is 13.3. The van der Waals surface area contributed by atoms with Gasteiger partial charge in [-0.1, -0.05) is 24.3 Å². The number of aryl methyl sites for hydroxylation is 1. The molecule has 0 fully saturated rings. The predicted octanol–water partition coefficient (Wildman–Crippen LogP) is 3.71. The molecular weight excluding hydrogens is 274 g/mol. The summed E-state index contributed by atoms with van der Waals surface area (Å²) in [5.74, 6) is -2.15. The van der Waals surface area contributed by atoms with Gasteiger partial charge in [-0.25, -0.2) is 8.78 Å². The zero-order valence-electron chi connectivity index (χ0n) is 11.2. The van der Waals surface area contributed by atoms with E-state index in [0.29, 0.717) is 5.56 Å². The highest BCUT2D eigenvalue weighted by molar-refractivity contribution is 6.13. The number of aromatic nitrogens is 1. The molecule has 0 unspecified atom stereocenters. The molecule has 0 spiro atoms. The summed E-state index contributed by atoms with van der Waals surface area (Å²) in [6, 6.07) is 10.8. The average Bonchev–Trinajstić information content (AvgIpc) is 2.81. The van der Waals surface area contributed by atoms with E-state index >= 15 is 0 Å². The van der Waals surface area contributed by atoms with E-state index < -0.39 is 23.2 Å². The number of carbonyl (C=O) groups is 1. The van der Waals surface area contributed by atoms with Gasteiger partial charge in [0.25, 0.3) is 5.91 Å². The summed E-state index contributed by atoms with van der Waals surface area (Å²) in [4.78, 5) is 12.3. The van der Waals surface area contributed by atoms with Gasteiger partial charge in [0.2, 0.25) is 0 Å². The van der Waals surface area contributed by atoms with Crippen molar-refractivity contribution in [3.8, 4) is 0 Å². The number of anilines is 1. The molecule has 106 valence electrons. The van der Waals surface area contributed by atoms with Crippen molar-refractivity contribution < 1.29 is 13.6 Å². The third kappa shape index (κ3) is 2.27. The molecule has 3 rings (SSSR count). The predicted molar refractivity (Wildman–Crippen MR) is 77.2 cm³/mol. The molecule has 1 aromatic heterocycles. The van der Waals surface area contributed by atoms with Gasteiger partial charge in [0.1, 0.15) is 17.3 Å². The summed E-state index contributed by atoms with van der Waals surface area (Å²) in [5.41, 5.74) is 0.808. The monoisotopic (exact) mass is 286 g/mol. The van der Waals surface area contributed by atoms with Crippen molar-refractivity contribution in [3.63, 3.8) is 0 Å².